The first-order valence-electron chi connectivity index (χ1n) is 9.45. The van der Waals surface area contributed by atoms with Gasteiger partial charge in [0.15, 0.2) is 0 Å². The number of aliphatic hydroxyl groups excluding tert-OH is 3. The van der Waals surface area contributed by atoms with Gasteiger partial charge in [-0.25, -0.2) is 0 Å². The number of fused-ring (bicyclic) bond motifs is 5. The van der Waals surface area contributed by atoms with E-state index in [0.717, 1.165) is 44.9 Å². The van der Waals surface area contributed by atoms with Crippen molar-refractivity contribution in [2.45, 2.75) is 81.9 Å². The van der Waals surface area contributed by atoms with Crippen molar-refractivity contribution in [2.24, 2.45) is 34.5 Å². The second-order valence-electron chi connectivity index (χ2n) is 9.47. The Hall–Kier alpha value is 0.360. The lowest BCUT2D eigenvalue weighted by Crippen LogP contribution is -2.58. The van der Waals surface area contributed by atoms with Crippen LogP contribution in [0.15, 0.2) is 0 Å². The summed E-state index contributed by atoms with van der Waals surface area (Å²) < 4.78 is 0. The third-order valence-corrected chi connectivity index (χ3v) is 9.47. The van der Waals surface area contributed by atoms with Crippen LogP contribution in [0.4, 0.5) is 0 Å². The van der Waals surface area contributed by atoms with Crippen LogP contribution >= 0.6 is 15.9 Å². The van der Waals surface area contributed by atoms with Gasteiger partial charge in [0.25, 0.3) is 0 Å². The van der Waals surface area contributed by atoms with Crippen LogP contribution in [0.3, 0.4) is 0 Å². The first-order chi connectivity index (χ1) is 10.8. The Bertz CT molecular complexity index is 485. The van der Waals surface area contributed by atoms with E-state index >= 15 is 0 Å². The maximum absolute atomic E-state index is 11.0. The summed E-state index contributed by atoms with van der Waals surface area (Å²) in [5, 5.41) is 31.8. The zero-order chi connectivity index (χ0) is 16.6. The van der Waals surface area contributed by atoms with Crippen LogP contribution in [0.1, 0.15) is 58.8 Å². The molecular formula is C19H31BrO3. The van der Waals surface area contributed by atoms with E-state index in [1.165, 1.54) is 0 Å². The minimum absolute atomic E-state index is 0.0479. The normalized spacial score (nSPS) is 62.3. The third-order valence-electron chi connectivity index (χ3n) is 8.59. The quantitative estimate of drug-likeness (QED) is 0.560. The predicted molar refractivity (Wildman–Crippen MR) is 93.2 cm³/mol. The second-order valence-corrected chi connectivity index (χ2v) is 10.6. The van der Waals surface area contributed by atoms with E-state index in [0.29, 0.717) is 23.7 Å². The van der Waals surface area contributed by atoms with E-state index in [1.54, 1.807) is 0 Å². The topological polar surface area (TPSA) is 60.7 Å². The fourth-order valence-corrected chi connectivity index (χ4v) is 8.15. The highest BCUT2D eigenvalue weighted by atomic mass is 79.9. The molecule has 0 amide bonds. The van der Waals surface area contributed by atoms with E-state index in [1.807, 2.05) is 0 Å². The van der Waals surface area contributed by atoms with Crippen molar-refractivity contribution >= 4 is 15.9 Å². The number of hydrogen-bond donors (Lipinski definition) is 3. The highest BCUT2D eigenvalue weighted by molar-refractivity contribution is 9.09. The van der Waals surface area contributed by atoms with Crippen molar-refractivity contribution in [2.75, 3.05) is 0 Å². The Labute approximate surface area is 148 Å². The van der Waals surface area contributed by atoms with Crippen LogP contribution in [-0.4, -0.2) is 38.5 Å². The molecule has 5 unspecified atom stereocenters. The molecule has 132 valence electrons. The van der Waals surface area contributed by atoms with Crippen LogP contribution in [0.25, 0.3) is 0 Å². The van der Waals surface area contributed by atoms with Gasteiger partial charge >= 0.3 is 0 Å². The molecule has 4 saturated carbocycles. The van der Waals surface area contributed by atoms with Gasteiger partial charge in [-0.1, -0.05) is 29.8 Å². The van der Waals surface area contributed by atoms with Crippen molar-refractivity contribution in [3.63, 3.8) is 0 Å². The molecule has 3 nitrogen and oxygen atoms in total. The summed E-state index contributed by atoms with van der Waals surface area (Å²) in [5.41, 5.74) is 0.216. The molecule has 0 aromatic carbocycles. The van der Waals surface area contributed by atoms with Gasteiger partial charge < -0.3 is 15.3 Å². The molecule has 4 fully saturated rings. The molecule has 0 aromatic rings. The third kappa shape index (κ3) is 2.24. The van der Waals surface area contributed by atoms with Crippen molar-refractivity contribution in [3.8, 4) is 0 Å². The Kier molecular flexibility index (Phi) is 3.97. The van der Waals surface area contributed by atoms with E-state index in [2.05, 4.69) is 29.8 Å². The summed E-state index contributed by atoms with van der Waals surface area (Å²) in [4.78, 5) is 0.169. The summed E-state index contributed by atoms with van der Waals surface area (Å²) in [5.74, 6) is 1.74. The number of rotatable bonds is 0. The predicted octanol–water partition coefficient (Wildman–Crippen LogP) is 3.10. The maximum atomic E-state index is 11.0. The summed E-state index contributed by atoms with van der Waals surface area (Å²) in [6.45, 7) is 4.67. The maximum Gasteiger partial charge on any atom is 0.0721 e. The van der Waals surface area contributed by atoms with Gasteiger partial charge in [0, 0.05) is 4.83 Å². The molecule has 4 aliphatic rings. The molecule has 0 aliphatic heterocycles. The molecule has 0 aromatic heterocycles. The fraction of sp³-hybridized carbons (Fsp3) is 1.00. The van der Waals surface area contributed by atoms with E-state index in [4.69, 9.17) is 0 Å². The standard InChI is InChI=1S/C19H31BrO3/c1-18-5-3-11(21)7-10(18)8-15(22)16-12(18)4-6-19(2)13(16)9-14(20)17(19)23/h10-17,21-23H,3-9H2,1-2H3/t10?,11?,12-,13+,14?,15?,16-,17?,18+,19+/m1/s1. The summed E-state index contributed by atoms with van der Waals surface area (Å²) in [6.07, 6.45) is 6.15. The van der Waals surface area contributed by atoms with Crippen LogP contribution in [-0.2, 0) is 0 Å². The largest absolute Gasteiger partial charge is 0.393 e. The van der Waals surface area contributed by atoms with Crippen molar-refractivity contribution < 1.29 is 15.3 Å². The van der Waals surface area contributed by atoms with Gasteiger partial charge in [-0.05, 0) is 79.4 Å². The van der Waals surface area contributed by atoms with Gasteiger partial charge in [0.05, 0.1) is 18.3 Å². The molecule has 23 heavy (non-hydrogen) atoms. The molecule has 0 spiro atoms. The smallest absolute Gasteiger partial charge is 0.0721 e. The van der Waals surface area contributed by atoms with Gasteiger partial charge in [-0.15, -0.1) is 0 Å². The zero-order valence-electron chi connectivity index (χ0n) is 14.3. The first-order valence-corrected chi connectivity index (χ1v) is 10.4. The molecule has 4 aliphatic carbocycles. The number of alkyl halides is 1. The summed E-state index contributed by atoms with van der Waals surface area (Å²) in [7, 11) is 0. The van der Waals surface area contributed by atoms with Crippen LogP contribution in [0, 0.1) is 34.5 Å². The van der Waals surface area contributed by atoms with Gasteiger partial charge in [-0.2, -0.15) is 0 Å². The van der Waals surface area contributed by atoms with Gasteiger partial charge in [-0.3, -0.25) is 0 Å². The average Bonchev–Trinajstić information content (AvgIpc) is 2.73. The van der Waals surface area contributed by atoms with Crippen LogP contribution in [0.2, 0.25) is 0 Å². The van der Waals surface area contributed by atoms with Gasteiger partial charge in [0.1, 0.15) is 0 Å². The van der Waals surface area contributed by atoms with Crippen molar-refractivity contribution in [1.82, 2.24) is 0 Å². The van der Waals surface area contributed by atoms with E-state index in [9.17, 15) is 15.3 Å². The molecule has 3 N–H and O–H groups in total. The van der Waals surface area contributed by atoms with E-state index in [-0.39, 0.29) is 34.0 Å². The first kappa shape index (κ1) is 16.8. The molecule has 0 radical (unpaired) electrons. The average molecular weight is 387 g/mol. The lowest BCUT2D eigenvalue weighted by atomic mass is 9.44. The molecule has 4 heteroatoms. The Morgan fingerprint density at radius 1 is 0.870 bits per heavy atom. The highest BCUT2D eigenvalue weighted by Crippen LogP contribution is 2.66. The molecule has 0 saturated heterocycles. The van der Waals surface area contributed by atoms with Crippen molar-refractivity contribution in [3.05, 3.63) is 0 Å². The van der Waals surface area contributed by atoms with Crippen LogP contribution < -0.4 is 0 Å². The SMILES string of the molecule is C[C@]12CCC(O)CC1CC(O)[C@@H]1[C@H]2CC[C@]2(C)C(O)C(Br)C[C@@H]12. The number of hydrogen-bond acceptors (Lipinski definition) is 3. The minimum atomic E-state index is -0.292. The van der Waals surface area contributed by atoms with E-state index < -0.39 is 0 Å². The van der Waals surface area contributed by atoms with Crippen molar-refractivity contribution in [1.29, 1.82) is 0 Å². The molecule has 10 atom stereocenters. The molecule has 4 rings (SSSR count). The number of aliphatic hydroxyl groups is 3. The monoisotopic (exact) mass is 386 g/mol. The Morgan fingerprint density at radius 3 is 2.30 bits per heavy atom. The summed E-state index contributed by atoms with van der Waals surface area (Å²) >= 11 is 3.69. The second kappa shape index (κ2) is 5.43. The fourth-order valence-electron chi connectivity index (χ4n) is 7.15. The Morgan fingerprint density at radius 2 is 1.57 bits per heavy atom. The molecule has 0 bridgehead atoms. The Balaban J connectivity index is 1.68. The molecule has 0 heterocycles. The lowest BCUT2D eigenvalue weighted by molar-refractivity contribution is -0.176. The molecular weight excluding hydrogens is 356 g/mol. The van der Waals surface area contributed by atoms with Crippen LogP contribution in [0.5, 0.6) is 0 Å². The lowest BCUT2D eigenvalue weighted by Gasteiger charge is -2.61. The number of halogens is 1. The van der Waals surface area contributed by atoms with Gasteiger partial charge in [0.2, 0.25) is 0 Å². The summed E-state index contributed by atoms with van der Waals surface area (Å²) in [6, 6.07) is 0. The highest BCUT2D eigenvalue weighted by Gasteiger charge is 2.63. The minimum Gasteiger partial charge on any atom is -0.393 e. The zero-order valence-corrected chi connectivity index (χ0v) is 15.9.